The Morgan fingerprint density at radius 2 is 1.96 bits per heavy atom. The number of carbonyl (C=O) groups excluding carboxylic acids is 1. The Labute approximate surface area is 162 Å². The van der Waals surface area contributed by atoms with E-state index in [2.05, 4.69) is 10.4 Å². The molecule has 0 spiro atoms. The normalized spacial score (nSPS) is 12.4. The summed E-state index contributed by atoms with van der Waals surface area (Å²) in [5.41, 5.74) is 6.60. The van der Waals surface area contributed by atoms with E-state index in [9.17, 15) is 18.0 Å². The third kappa shape index (κ3) is 6.25. The first-order valence-electron chi connectivity index (χ1n) is 8.34. The summed E-state index contributed by atoms with van der Waals surface area (Å²) in [6.45, 7) is 5.14. The number of halogens is 4. The van der Waals surface area contributed by atoms with E-state index >= 15 is 0 Å². The van der Waals surface area contributed by atoms with Crippen molar-refractivity contribution in [3.05, 3.63) is 46.8 Å². The fourth-order valence-electron chi connectivity index (χ4n) is 2.65. The molecule has 1 aromatic carbocycles. The monoisotopic (exact) mass is 404 g/mol. The summed E-state index contributed by atoms with van der Waals surface area (Å²) < 4.78 is 41.9. The van der Waals surface area contributed by atoms with Gasteiger partial charge in [-0.2, -0.15) is 18.3 Å². The molecule has 2 aromatic rings. The van der Waals surface area contributed by atoms with Gasteiger partial charge < -0.3 is 11.1 Å². The van der Waals surface area contributed by atoms with Crippen LogP contribution in [0.1, 0.15) is 42.3 Å². The second kappa shape index (κ2) is 9.23. The minimum Gasteiger partial charge on any atom is -0.352 e. The van der Waals surface area contributed by atoms with Crippen LogP contribution in [0, 0.1) is 13.8 Å². The summed E-state index contributed by atoms with van der Waals surface area (Å²) in [6.07, 6.45) is -3.87. The molecular weight excluding hydrogens is 381 g/mol. The van der Waals surface area contributed by atoms with Gasteiger partial charge in [0, 0.05) is 24.7 Å². The van der Waals surface area contributed by atoms with Crippen molar-refractivity contribution in [2.24, 2.45) is 5.73 Å². The zero-order valence-electron chi connectivity index (χ0n) is 15.4. The van der Waals surface area contributed by atoms with Gasteiger partial charge in [-0.25, -0.2) is 4.68 Å². The fourth-order valence-corrected chi connectivity index (χ4v) is 2.65. The maximum absolute atomic E-state index is 13.5. The van der Waals surface area contributed by atoms with E-state index < -0.39 is 11.7 Å². The Balaban J connectivity index is 0.00000364. The second-order valence-corrected chi connectivity index (χ2v) is 6.47. The van der Waals surface area contributed by atoms with Crippen LogP contribution in [0.25, 0.3) is 5.69 Å². The molecule has 27 heavy (non-hydrogen) atoms. The first-order valence-corrected chi connectivity index (χ1v) is 8.34. The van der Waals surface area contributed by atoms with Gasteiger partial charge in [0.25, 0.3) is 0 Å². The van der Waals surface area contributed by atoms with Gasteiger partial charge in [-0.15, -0.1) is 12.4 Å². The van der Waals surface area contributed by atoms with E-state index in [1.54, 1.807) is 32.9 Å². The standard InChI is InChI=1S/C18H23F3N4O.ClH/c1-11(22)4-7-17(26)23-10-14-5-6-15(9-16(14)18(19,20)21)25-13(3)8-12(2)24-25;/h5-6,8-9,11H,4,7,10,22H2,1-3H3,(H,23,26);1H. The summed E-state index contributed by atoms with van der Waals surface area (Å²) in [4.78, 5) is 11.8. The molecule has 0 saturated carbocycles. The molecule has 1 amide bonds. The van der Waals surface area contributed by atoms with Gasteiger partial charge in [0.1, 0.15) is 0 Å². The largest absolute Gasteiger partial charge is 0.416 e. The lowest BCUT2D eigenvalue weighted by Gasteiger charge is -2.16. The van der Waals surface area contributed by atoms with E-state index in [1.807, 2.05) is 0 Å². The molecule has 1 heterocycles. The molecule has 150 valence electrons. The van der Waals surface area contributed by atoms with Gasteiger partial charge in [0.15, 0.2) is 0 Å². The third-order valence-corrected chi connectivity index (χ3v) is 3.96. The lowest BCUT2D eigenvalue weighted by molar-refractivity contribution is -0.138. The number of benzene rings is 1. The maximum Gasteiger partial charge on any atom is 0.416 e. The van der Waals surface area contributed by atoms with Gasteiger partial charge in [-0.1, -0.05) is 6.07 Å². The van der Waals surface area contributed by atoms with Crippen molar-refractivity contribution >= 4 is 18.3 Å². The van der Waals surface area contributed by atoms with E-state index in [4.69, 9.17) is 5.73 Å². The molecule has 0 aliphatic carbocycles. The molecule has 2 rings (SSSR count). The highest BCUT2D eigenvalue weighted by Crippen LogP contribution is 2.33. The molecule has 1 unspecified atom stereocenters. The van der Waals surface area contributed by atoms with Crippen molar-refractivity contribution in [1.29, 1.82) is 0 Å². The van der Waals surface area contributed by atoms with Crippen LogP contribution in [-0.2, 0) is 17.5 Å². The first-order chi connectivity index (χ1) is 12.1. The summed E-state index contributed by atoms with van der Waals surface area (Å²) in [6, 6.07) is 5.66. The van der Waals surface area contributed by atoms with Crippen molar-refractivity contribution in [1.82, 2.24) is 15.1 Å². The first kappa shape index (κ1) is 23.0. The van der Waals surface area contributed by atoms with E-state index in [0.29, 0.717) is 12.1 Å². The summed E-state index contributed by atoms with van der Waals surface area (Å²) >= 11 is 0. The second-order valence-electron chi connectivity index (χ2n) is 6.47. The molecular formula is C18H24ClF3N4O. The number of amides is 1. The lowest BCUT2D eigenvalue weighted by atomic mass is 10.1. The van der Waals surface area contributed by atoms with Gasteiger partial charge in [-0.3, -0.25) is 4.79 Å². The van der Waals surface area contributed by atoms with Crippen LogP contribution < -0.4 is 11.1 Å². The Morgan fingerprint density at radius 3 is 2.48 bits per heavy atom. The Hall–Kier alpha value is -2.06. The highest BCUT2D eigenvalue weighted by Gasteiger charge is 2.34. The minimum absolute atomic E-state index is 0. The van der Waals surface area contributed by atoms with Crippen LogP contribution in [-0.4, -0.2) is 21.7 Å². The van der Waals surface area contributed by atoms with Crippen molar-refractivity contribution in [2.75, 3.05) is 0 Å². The topological polar surface area (TPSA) is 72.9 Å². The van der Waals surface area contributed by atoms with Crippen molar-refractivity contribution in [2.45, 2.75) is 52.4 Å². The van der Waals surface area contributed by atoms with E-state index in [-0.39, 0.29) is 42.9 Å². The molecule has 0 fully saturated rings. The average molecular weight is 405 g/mol. The van der Waals surface area contributed by atoms with Crippen molar-refractivity contribution < 1.29 is 18.0 Å². The van der Waals surface area contributed by atoms with Crippen LogP contribution >= 0.6 is 12.4 Å². The molecule has 3 N–H and O–H groups in total. The van der Waals surface area contributed by atoms with Crippen LogP contribution in [0.15, 0.2) is 24.3 Å². The van der Waals surface area contributed by atoms with Crippen LogP contribution in [0.4, 0.5) is 13.2 Å². The number of nitrogens with zero attached hydrogens (tertiary/aromatic N) is 2. The Bertz CT molecular complexity index is 787. The molecule has 1 atom stereocenters. The van der Waals surface area contributed by atoms with E-state index in [1.165, 1.54) is 10.7 Å². The zero-order valence-corrected chi connectivity index (χ0v) is 16.2. The number of rotatable bonds is 6. The van der Waals surface area contributed by atoms with Crippen molar-refractivity contribution in [3.8, 4) is 5.69 Å². The van der Waals surface area contributed by atoms with E-state index in [0.717, 1.165) is 17.5 Å². The molecule has 0 radical (unpaired) electrons. The Kier molecular flexibility index (Phi) is 7.86. The predicted molar refractivity (Wildman–Crippen MR) is 100 cm³/mol. The number of nitrogens with two attached hydrogens (primary N) is 1. The molecule has 9 heteroatoms. The fraction of sp³-hybridized carbons (Fsp3) is 0.444. The lowest BCUT2D eigenvalue weighted by Crippen LogP contribution is -2.26. The number of hydrogen-bond donors (Lipinski definition) is 2. The Morgan fingerprint density at radius 1 is 1.30 bits per heavy atom. The van der Waals surface area contributed by atoms with Crippen LogP contribution in [0.5, 0.6) is 0 Å². The van der Waals surface area contributed by atoms with Crippen LogP contribution in [0.3, 0.4) is 0 Å². The van der Waals surface area contributed by atoms with Crippen LogP contribution in [0.2, 0.25) is 0 Å². The average Bonchev–Trinajstić information content (AvgIpc) is 2.88. The van der Waals surface area contributed by atoms with Gasteiger partial charge >= 0.3 is 6.18 Å². The zero-order chi connectivity index (χ0) is 19.5. The molecule has 1 aromatic heterocycles. The molecule has 0 bridgehead atoms. The third-order valence-electron chi connectivity index (χ3n) is 3.96. The number of aryl methyl sites for hydroxylation is 2. The summed E-state index contributed by atoms with van der Waals surface area (Å²) in [5, 5.41) is 6.74. The maximum atomic E-state index is 13.5. The summed E-state index contributed by atoms with van der Waals surface area (Å²) in [7, 11) is 0. The smallest absolute Gasteiger partial charge is 0.352 e. The van der Waals surface area contributed by atoms with Gasteiger partial charge in [0.05, 0.1) is 16.9 Å². The van der Waals surface area contributed by atoms with Gasteiger partial charge in [0.2, 0.25) is 5.91 Å². The number of nitrogens with one attached hydrogen (secondary N) is 1. The SMILES string of the molecule is Cc1cc(C)n(-c2ccc(CNC(=O)CCC(C)N)c(C(F)(F)F)c2)n1.Cl. The molecule has 0 aliphatic rings. The van der Waals surface area contributed by atoms with Crippen molar-refractivity contribution in [3.63, 3.8) is 0 Å². The molecule has 0 saturated heterocycles. The number of alkyl halides is 3. The highest BCUT2D eigenvalue weighted by molar-refractivity contribution is 5.85. The quantitative estimate of drug-likeness (QED) is 0.771. The molecule has 5 nitrogen and oxygen atoms in total. The molecule has 0 aliphatic heterocycles. The summed E-state index contributed by atoms with van der Waals surface area (Å²) in [5.74, 6) is -0.321. The predicted octanol–water partition coefficient (Wildman–Crippen LogP) is 3.67. The number of carbonyl (C=O) groups is 1. The minimum atomic E-state index is -4.53. The highest BCUT2D eigenvalue weighted by atomic mass is 35.5. The number of hydrogen-bond acceptors (Lipinski definition) is 3. The van der Waals surface area contributed by atoms with Gasteiger partial charge in [-0.05, 0) is 51.0 Å². The number of aromatic nitrogens is 2.